The van der Waals surface area contributed by atoms with Gasteiger partial charge >= 0.3 is 6.18 Å². The zero-order valence-electron chi connectivity index (χ0n) is 8.92. The number of rotatable bonds is 2. The molecular weight excluding hydrogens is 235 g/mol. The van der Waals surface area contributed by atoms with Gasteiger partial charge in [0.15, 0.2) is 0 Å². The van der Waals surface area contributed by atoms with E-state index in [0.29, 0.717) is 6.54 Å². The van der Waals surface area contributed by atoms with Gasteiger partial charge in [-0.3, -0.25) is 9.79 Å². The Morgan fingerprint density at radius 2 is 2.24 bits per heavy atom. The monoisotopic (exact) mass is 247 g/mol. The van der Waals surface area contributed by atoms with Crippen molar-refractivity contribution in [2.75, 3.05) is 13.1 Å². The Hall–Kier alpha value is -1.79. The number of hydrogen-bond donors (Lipinski definition) is 2. The Morgan fingerprint density at radius 3 is 2.82 bits per heavy atom. The molecule has 0 aromatic heterocycles. The van der Waals surface area contributed by atoms with Crippen molar-refractivity contribution >= 4 is 11.7 Å². The van der Waals surface area contributed by atoms with E-state index in [4.69, 9.17) is 5.73 Å². The zero-order valence-corrected chi connectivity index (χ0v) is 8.92. The number of hydrogen-bond acceptors (Lipinski definition) is 3. The summed E-state index contributed by atoms with van der Waals surface area (Å²) < 4.78 is 37.5. The summed E-state index contributed by atoms with van der Waals surface area (Å²) in [6.45, 7) is -0.225. The molecule has 0 spiro atoms. The Labute approximate surface area is 96.1 Å². The molecule has 0 aliphatic carbocycles. The lowest BCUT2D eigenvalue weighted by Crippen LogP contribution is -2.29. The van der Waals surface area contributed by atoms with E-state index in [1.807, 2.05) is 0 Å². The summed E-state index contributed by atoms with van der Waals surface area (Å²) in [7, 11) is 0. The van der Waals surface area contributed by atoms with E-state index >= 15 is 0 Å². The summed E-state index contributed by atoms with van der Waals surface area (Å²) in [4.78, 5) is 14.4. The molecule has 0 radical (unpaired) electrons. The van der Waals surface area contributed by atoms with E-state index in [0.717, 1.165) is 6.08 Å². The standard InChI is InChI=1S/C10H12F3N3O/c11-10(12,13)7-3-1-2-4-15-9(16-6-7)5-8(14)17/h1-3H,4-6H2,(H2,14,17)(H,15,16)/b2-1-,7-3+. The second-order valence-corrected chi connectivity index (χ2v) is 3.40. The summed E-state index contributed by atoms with van der Waals surface area (Å²) in [5.41, 5.74) is 4.19. The lowest BCUT2D eigenvalue weighted by atomic mass is 10.2. The highest BCUT2D eigenvalue weighted by Gasteiger charge is 2.32. The van der Waals surface area contributed by atoms with Crippen molar-refractivity contribution in [3.63, 3.8) is 0 Å². The first-order chi connectivity index (χ1) is 7.89. The molecule has 1 rings (SSSR count). The summed E-state index contributed by atoms with van der Waals surface area (Å²) in [5.74, 6) is -0.476. The second-order valence-electron chi connectivity index (χ2n) is 3.40. The van der Waals surface area contributed by atoms with Crippen LogP contribution in [0.1, 0.15) is 6.42 Å². The van der Waals surface area contributed by atoms with Gasteiger partial charge in [0.05, 0.1) is 18.5 Å². The van der Waals surface area contributed by atoms with Crippen LogP contribution in [0.4, 0.5) is 13.2 Å². The Balaban J connectivity index is 2.86. The minimum Gasteiger partial charge on any atom is -0.370 e. The highest BCUT2D eigenvalue weighted by Crippen LogP contribution is 2.25. The van der Waals surface area contributed by atoms with Gasteiger partial charge in [0, 0.05) is 6.54 Å². The molecule has 1 amide bonds. The summed E-state index contributed by atoms with van der Waals surface area (Å²) >= 11 is 0. The molecule has 0 atom stereocenters. The number of carbonyl (C=O) groups excluding carboxylic acids is 1. The number of nitrogens with zero attached hydrogens (tertiary/aromatic N) is 1. The molecule has 1 aliphatic heterocycles. The largest absolute Gasteiger partial charge is 0.414 e. The lowest BCUT2D eigenvalue weighted by Gasteiger charge is -2.09. The van der Waals surface area contributed by atoms with E-state index in [9.17, 15) is 18.0 Å². The average Bonchev–Trinajstić information content (AvgIpc) is 2.28. The van der Waals surface area contributed by atoms with E-state index in [2.05, 4.69) is 10.3 Å². The third-order valence-electron chi connectivity index (χ3n) is 2.00. The maximum absolute atomic E-state index is 12.5. The van der Waals surface area contributed by atoms with Crippen molar-refractivity contribution in [2.24, 2.45) is 10.7 Å². The summed E-state index contributed by atoms with van der Waals surface area (Å²) in [6.07, 6.45) is -0.834. The molecule has 1 aliphatic rings. The van der Waals surface area contributed by atoms with Crippen LogP contribution in [0.25, 0.3) is 0 Å². The smallest absolute Gasteiger partial charge is 0.370 e. The highest BCUT2D eigenvalue weighted by atomic mass is 19.4. The van der Waals surface area contributed by atoms with Gasteiger partial charge in [0.25, 0.3) is 0 Å². The van der Waals surface area contributed by atoms with Gasteiger partial charge in [-0.15, -0.1) is 0 Å². The van der Waals surface area contributed by atoms with Gasteiger partial charge in [-0.05, 0) is 0 Å². The molecule has 4 nitrogen and oxygen atoms in total. The normalized spacial score (nSPS) is 22.1. The van der Waals surface area contributed by atoms with Crippen molar-refractivity contribution in [3.8, 4) is 0 Å². The first-order valence-electron chi connectivity index (χ1n) is 4.88. The third kappa shape index (κ3) is 4.71. The predicted molar refractivity (Wildman–Crippen MR) is 57.4 cm³/mol. The highest BCUT2D eigenvalue weighted by molar-refractivity contribution is 5.99. The van der Waals surface area contributed by atoms with Crippen LogP contribution in [0, 0.1) is 0 Å². The minimum absolute atomic E-state index is 0.166. The summed E-state index contributed by atoms with van der Waals surface area (Å²) in [5, 5.41) is 2.73. The Morgan fingerprint density at radius 1 is 1.53 bits per heavy atom. The van der Waals surface area contributed by atoms with Crippen LogP contribution >= 0.6 is 0 Å². The number of allylic oxidation sites excluding steroid dienone is 2. The van der Waals surface area contributed by atoms with Crippen molar-refractivity contribution in [1.82, 2.24) is 5.32 Å². The molecule has 0 bridgehead atoms. The molecule has 0 aromatic rings. The van der Waals surface area contributed by atoms with Crippen LogP contribution in [0.5, 0.6) is 0 Å². The van der Waals surface area contributed by atoms with Crippen LogP contribution in [0.2, 0.25) is 0 Å². The molecular formula is C10H12F3N3O. The topological polar surface area (TPSA) is 67.5 Å². The quantitative estimate of drug-likeness (QED) is 0.761. The van der Waals surface area contributed by atoms with Gasteiger partial charge in [0.2, 0.25) is 5.91 Å². The fraction of sp³-hybridized carbons (Fsp3) is 0.400. The number of alkyl halides is 3. The van der Waals surface area contributed by atoms with Crippen molar-refractivity contribution in [3.05, 3.63) is 23.8 Å². The number of amides is 1. The molecule has 3 N–H and O–H groups in total. The van der Waals surface area contributed by atoms with Gasteiger partial charge < -0.3 is 11.1 Å². The van der Waals surface area contributed by atoms with Crippen LogP contribution in [-0.4, -0.2) is 31.0 Å². The third-order valence-corrected chi connectivity index (χ3v) is 2.00. The Bertz CT molecular complexity index is 383. The molecule has 0 saturated heterocycles. The maximum atomic E-state index is 12.5. The van der Waals surface area contributed by atoms with Crippen LogP contribution in [0.3, 0.4) is 0 Å². The van der Waals surface area contributed by atoms with Crippen molar-refractivity contribution in [2.45, 2.75) is 12.6 Å². The van der Waals surface area contributed by atoms with Gasteiger partial charge in [-0.2, -0.15) is 13.2 Å². The molecule has 0 aromatic carbocycles. The maximum Gasteiger partial charge on any atom is 0.414 e. The molecule has 0 unspecified atom stereocenters. The Kier molecular flexibility index (Phi) is 4.30. The molecule has 0 fully saturated rings. The van der Waals surface area contributed by atoms with Gasteiger partial charge in [-0.1, -0.05) is 18.2 Å². The van der Waals surface area contributed by atoms with Crippen LogP contribution in [0.15, 0.2) is 28.8 Å². The molecule has 1 heterocycles. The van der Waals surface area contributed by atoms with Gasteiger partial charge in [0.1, 0.15) is 5.84 Å². The number of nitrogens with one attached hydrogen (secondary N) is 1. The zero-order chi connectivity index (χ0) is 12.9. The number of primary amides is 1. The van der Waals surface area contributed by atoms with Crippen LogP contribution in [-0.2, 0) is 4.79 Å². The van der Waals surface area contributed by atoms with E-state index < -0.39 is 24.2 Å². The molecule has 17 heavy (non-hydrogen) atoms. The first-order valence-corrected chi connectivity index (χ1v) is 4.88. The van der Waals surface area contributed by atoms with E-state index in [-0.39, 0.29) is 12.3 Å². The number of halogens is 3. The number of amidine groups is 1. The number of aliphatic imine (C=N–C) groups is 1. The fourth-order valence-electron chi connectivity index (χ4n) is 1.19. The predicted octanol–water partition coefficient (Wildman–Crippen LogP) is 0.908. The molecule has 7 heteroatoms. The van der Waals surface area contributed by atoms with Crippen LogP contribution < -0.4 is 11.1 Å². The van der Waals surface area contributed by atoms with E-state index in [1.54, 1.807) is 0 Å². The minimum atomic E-state index is -4.42. The average molecular weight is 247 g/mol. The van der Waals surface area contributed by atoms with Gasteiger partial charge in [-0.25, -0.2) is 0 Å². The lowest BCUT2D eigenvalue weighted by molar-refractivity contribution is -0.116. The SMILES string of the molecule is NC(=O)CC1=NC/C(C(F)(F)F)=C\C=C/CN1. The van der Waals surface area contributed by atoms with Crippen molar-refractivity contribution in [1.29, 1.82) is 0 Å². The second kappa shape index (κ2) is 5.51. The molecule has 0 saturated carbocycles. The van der Waals surface area contributed by atoms with Crippen molar-refractivity contribution < 1.29 is 18.0 Å². The first kappa shape index (κ1) is 13.3. The van der Waals surface area contributed by atoms with E-state index in [1.165, 1.54) is 12.2 Å². The molecule has 94 valence electrons. The summed E-state index contributed by atoms with van der Waals surface area (Å²) in [6, 6.07) is 0. The number of nitrogens with two attached hydrogens (primary N) is 1. The fourth-order valence-corrected chi connectivity index (χ4v) is 1.19. The number of carbonyl (C=O) groups is 1.